The maximum Gasteiger partial charge on any atom is 0.123 e. The van der Waals surface area contributed by atoms with Crippen molar-refractivity contribution in [3.63, 3.8) is 0 Å². The molecular formula is C25H24F2N2O. The lowest BCUT2D eigenvalue weighted by Crippen LogP contribution is -2.40. The van der Waals surface area contributed by atoms with Crippen molar-refractivity contribution in [1.29, 1.82) is 0 Å². The second-order valence-corrected chi connectivity index (χ2v) is 8.70. The number of aromatic nitrogens is 2. The van der Waals surface area contributed by atoms with Gasteiger partial charge >= 0.3 is 0 Å². The number of hydrogen-bond acceptors (Lipinski definition) is 2. The van der Waals surface area contributed by atoms with Crippen LogP contribution in [0, 0.1) is 23.0 Å². The second kappa shape index (κ2) is 7.17. The van der Waals surface area contributed by atoms with E-state index in [4.69, 9.17) is 0 Å². The van der Waals surface area contributed by atoms with Crippen LogP contribution >= 0.6 is 0 Å². The van der Waals surface area contributed by atoms with E-state index in [2.05, 4.69) is 18.1 Å². The number of aliphatic hydroxyl groups excluding tert-OH is 1. The first-order valence-corrected chi connectivity index (χ1v) is 10.4. The summed E-state index contributed by atoms with van der Waals surface area (Å²) in [6.07, 6.45) is 7.15. The summed E-state index contributed by atoms with van der Waals surface area (Å²) in [5, 5.41) is 15.8. The van der Waals surface area contributed by atoms with E-state index in [1.807, 2.05) is 10.9 Å². The van der Waals surface area contributed by atoms with Crippen LogP contribution in [0.4, 0.5) is 8.78 Å². The van der Waals surface area contributed by atoms with E-state index in [0.717, 1.165) is 48.2 Å². The number of aliphatic hydroxyl groups is 1. The molecule has 2 aliphatic carbocycles. The van der Waals surface area contributed by atoms with Crippen molar-refractivity contribution in [1.82, 2.24) is 9.78 Å². The predicted molar refractivity (Wildman–Crippen MR) is 112 cm³/mol. The van der Waals surface area contributed by atoms with Crippen LogP contribution in [0.25, 0.3) is 11.8 Å². The van der Waals surface area contributed by atoms with Gasteiger partial charge in [0.2, 0.25) is 0 Å². The summed E-state index contributed by atoms with van der Waals surface area (Å²) in [6, 6.07) is 12.5. The summed E-state index contributed by atoms with van der Waals surface area (Å²) in [5.74, 6) is -0.516. The lowest BCUT2D eigenvalue weighted by molar-refractivity contribution is 0.0217. The molecule has 1 saturated carbocycles. The van der Waals surface area contributed by atoms with E-state index >= 15 is 0 Å². The highest BCUT2D eigenvalue weighted by Gasteiger charge is 2.46. The molecule has 3 aromatic rings. The van der Waals surface area contributed by atoms with Gasteiger partial charge in [-0.05, 0) is 90.6 Å². The molecule has 1 aromatic heterocycles. The van der Waals surface area contributed by atoms with Crippen LogP contribution in [0.3, 0.4) is 0 Å². The van der Waals surface area contributed by atoms with Crippen molar-refractivity contribution in [2.45, 2.75) is 38.7 Å². The summed E-state index contributed by atoms with van der Waals surface area (Å²) in [4.78, 5) is 0. The molecule has 1 heterocycles. The van der Waals surface area contributed by atoms with E-state index in [-0.39, 0.29) is 23.0 Å². The van der Waals surface area contributed by atoms with Gasteiger partial charge in [0.15, 0.2) is 0 Å². The van der Waals surface area contributed by atoms with Gasteiger partial charge in [-0.1, -0.05) is 24.6 Å². The molecule has 1 unspecified atom stereocenters. The van der Waals surface area contributed by atoms with Crippen LogP contribution in [0.1, 0.15) is 49.1 Å². The topological polar surface area (TPSA) is 38.0 Å². The highest BCUT2D eigenvalue weighted by atomic mass is 19.1. The smallest absolute Gasteiger partial charge is 0.123 e. The van der Waals surface area contributed by atoms with Crippen molar-refractivity contribution in [2.75, 3.05) is 0 Å². The fraction of sp³-hybridized carbons (Fsp3) is 0.320. The molecule has 30 heavy (non-hydrogen) atoms. The summed E-state index contributed by atoms with van der Waals surface area (Å²) >= 11 is 0. The first kappa shape index (κ1) is 19.2. The Morgan fingerprint density at radius 2 is 1.73 bits per heavy atom. The fourth-order valence-electron chi connectivity index (χ4n) is 5.27. The van der Waals surface area contributed by atoms with Crippen molar-refractivity contribution in [2.24, 2.45) is 11.3 Å². The summed E-state index contributed by atoms with van der Waals surface area (Å²) in [6.45, 7) is 2.23. The van der Waals surface area contributed by atoms with Crippen molar-refractivity contribution < 1.29 is 13.9 Å². The number of benzene rings is 2. The van der Waals surface area contributed by atoms with Gasteiger partial charge in [-0.25, -0.2) is 13.5 Å². The van der Waals surface area contributed by atoms with Gasteiger partial charge in [0.25, 0.3) is 0 Å². The average Bonchev–Trinajstić information content (AvgIpc) is 3.14. The van der Waals surface area contributed by atoms with Gasteiger partial charge in [0, 0.05) is 0 Å². The van der Waals surface area contributed by atoms with Crippen molar-refractivity contribution in [3.8, 4) is 5.69 Å². The maximum absolute atomic E-state index is 13.3. The molecule has 0 amide bonds. The molecule has 1 N–H and O–H groups in total. The molecule has 154 valence electrons. The molecule has 2 aromatic carbocycles. The maximum atomic E-state index is 13.3. The number of rotatable bonds is 3. The van der Waals surface area contributed by atoms with Gasteiger partial charge in [-0.2, -0.15) is 5.10 Å². The van der Waals surface area contributed by atoms with Crippen molar-refractivity contribution >= 4 is 6.08 Å². The Bertz CT molecular complexity index is 1100. The first-order chi connectivity index (χ1) is 14.5. The predicted octanol–water partition coefficient (Wildman–Crippen LogP) is 5.63. The van der Waals surface area contributed by atoms with Crippen LogP contribution in [0.2, 0.25) is 0 Å². The molecule has 5 heteroatoms. The Labute approximate surface area is 174 Å². The van der Waals surface area contributed by atoms with E-state index in [1.165, 1.54) is 29.8 Å². The Hall–Kier alpha value is -2.79. The highest BCUT2D eigenvalue weighted by Crippen LogP contribution is 2.54. The number of halogens is 2. The van der Waals surface area contributed by atoms with E-state index < -0.39 is 6.10 Å². The van der Waals surface area contributed by atoms with Gasteiger partial charge in [-0.3, -0.25) is 0 Å². The van der Waals surface area contributed by atoms with Crippen LogP contribution in [0.5, 0.6) is 0 Å². The minimum atomic E-state index is -0.645. The third-order valence-corrected chi connectivity index (χ3v) is 6.93. The molecule has 3 nitrogen and oxygen atoms in total. The minimum Gasteiger partial charge on any atom is -0.388 e. The van der Waals surface area contributed by atoms with Gasteiger partial charge in [-0.15, -0.1) is 0 Å². The molecule has 1 fully saturated rings. The molecule has 0 aliphatic heterocycles. The van der Waals surface area contributed by atoms with E-state index in [0.29, 0.717) is 0 Å². The van der Waals surface area contributed by atoms with Crippen LogP contribution in [0.15, 0.2) is 60.3 Å². The molecule has 0 bridgehead atoms. The minimum absolute atomic E-state index is 0.0466. The average molecular weight is 406 g/mol. The number of hydrogen-bond donors (Lipinski definition) is 1. The normalized spacial score (nSPS) is 24.0. The van der Waals surface area contributed by atoms with E-state index in [9.17, 15) is 13.9 Å². The van der Waals surface area contributed by atoms with Gasteiger partial charge < -0.3 is 5.11 Å². The molecule has 0 spiro atoms. The monoisotopic (exact) mass is 406 g/mol. The molecule has 0 radical (unpaired) electrons. The second-order valence-electron chi connectivity index (χ2n) is 8.70. The van der Waals surface area contributed by atoms with Crippen LogP contribution < -0.4 is 0 Å². The number of nitrogens with zero attached hydrogens (tertiary/aromatic N) is 2. The SMILES string of the molecule is CC12Cc3cnn(-c4ccc(F)cc4)c3C=C1CCC[C@@H]2[C@H](O)c1ccc(F)cc1. The zero-order valence-corrected chi connectivity index (χ0v) is 16.9. The zero-order chi connectivity index (χ0) is 20.9. The zero-order valence-electron chi connectivity index (χ0n) is 16.9. The standard InChI is InChI=1S/C25H24F2N2O/c1-25-14-17-15-28-29(21-11-9-20(27)10-12-21)23(17)13-18(25)3-2-4-22(25)24(30)16-5-7-19(26)8-6-16/h5-13,15,22,24,30H,2-4,14H2,1H3/t22-,24-,25?/m1/s1. The van der Waals surface area contributed by atoms with Crippen LogP contribution in [-0.2, 0) is 6.42 Å². The largest absolute Gasteiger partial charge is 0.388 e. The number of allylic oxidation sites excluding steroid dienone is 1. The summed E-state index contributed by atoms with van der Waals surface area (Å²) in [5.41, 5.74) is 4.88. The number of fused-ring (bicyclic) bond motifs is 2. The Balaban J connectivity index is 1.51. The molecule has 2 aliphatic rings. The van der Waals surface area contributed by atoms with Gasteiger partial charge in [0.05, 0.1) is 23.7 Å². The van der Waals surface area contributed by atoms with Crippen LogP contribution in [-0.4, -0.2) is 14.9 Å². The lowest BCUT2D eigenvalue weighted by atomic mass is 9.57. The third-order valence-electron chi connectivity index (χ3n) is 6.93. The third kappa shape index (κ3) is 3.08. The summed E-state index contributed by atoms with van der Waals surface area (Å²) < 4.78 is 28.5. The first-order valence-electron chi connectivity index (χ1n) is 10.4. The fourth-order valence-corrected chi connectivity index (χ4v) is 5.27. The van der Waals surface area contributed by atoms with Crippen molar-refractivity contribution in [3.05, 3.63) is 88.8 Å². The molecule has 3 atom stereocenters. The Kier molecular flexibility index (Phi) is 4.58. The Morgan fingerprint density at radius 1 is 1.07 bits per heavy atom. The quantitative estimate of drug-likeness (QED) is 0.612. The molecular weight excluding hydrogens is 382 g/mol. The van der Waals surface area contributed by atoms with Gasteiger partial charge in [0.1, 0.15) is 11.6 Å². The molecule has 5 rings (SSSR count). The molecule has 0 saturated heterocycles. The highest BCUT2D eigenvalue weighted by molar-refractivity contribution is 5.61. The summed E-state index contributed by atoms with van der Waals surface area (Å²) in [7, 11) is 0. The Morgan fingerprint density at radius 3 is 2.43 bits per heavy atom. The van der Waals surface area contributed by atoms with E-state index in [1.54, 1.807) is 24.3 Å². The lowest BCUT2D eigenvalue weighted by Gasteiger charge is -2.47.